The van der Waals surface area contributed by atoms with Crippen LogP contribution in [0.25, 0.3) is 0 Å². The molecule has 1 aromatic heterocycles. The molecule has 7 nitrogen and oxygen atoms in total. The minimum Gasteiger partial charge on any atom is -0.393 e. The number of anilines is 3. The number of aliphatic hydroxyl groups excluding tert-OH is 1. The third-order valence-corrected chi connectivity index (χ3v) is 7.59. The van der Waals surface area contributed by atoms with Gasteiger partial charge in [0.15, 0.2) is 5.82 Å². The summed E-state index contributed by atoms with van der Waals surface area (Å²) in [4.78, 5) is 27.1. The summed E-state index contributed by atoms with van der Waals surface area (Å²) in [5.74, 6) is 1.90. The van der Waals surface area contributed by atoms with Gasteiger partial charge in [0.1, 0.15) is 5.69 Å². The van der Waals surface area contributed by atoms with Crippen LogP contribution in [-0.2, 0) is 4.79 Å². The predicted molar refractivity (Wildman–Crippen MR) is 113 cm³/mol. The van der Waals surface area contributed by atoms with Crippen LogP contribution in [0.15, 0.2) is 6.20 Å². The van der Waals surface area contributed by atoms with Crippen LogP contribution in [0.3, 0.4) is 0 Å². The number of aliphatic hydroxyl groups is 1. The van der Waals surface area contributed by atoms with Crippen molar-refractivity contribution in [2.24, 2.45) is 5.92 Å². The zero-order valence-corrected chi connectivity index (χ0v) is 17.4. The zero-order valence-electron chi connectivity index (χ0n) is 17.4. The maximum absolute atomic E-state index is 13.2. The summed E-state index contributed by atoms with van der Waals surface area (Å²) in [5.41, 5.74) is 0.848. The van der Waals surface area contributed by atoms with E-state index in [0.717, 1.165) is 56.5 Å². The first kappa shape index (κ1) is 19.1. The number of nitrogens with one attached hydrogen (secondary N) is 1. The Labute approximate surface area is 172 Å². The van der Waals surface area contributed by atoms with Crippen LogP contribution >= 0.6 is 0 Å². The van der Waals surface area contributed by atoms with E-state index in [4.69, 9.17) is 4.98 Å². The Morgan fingerprint density at radius 3 is 2.55 bits per heavy atom. The molecule has 1 aromatic rings. The van der Waals surface area contributed by atoms with E-state index < -0.39 is 0 Å². The second-order valence-electron chi connectivity index (χ2n) is 9.40. The number of nitrogens with zero attached hydrogens (tertiary/aromatic N) is 4. The quantitative estimate of drug-likeness (QED) is 0.813. The van der Waals surface area contributed by atoms with Crippen molar-refractivity contribution in [3.63, 3.8) is 0 Å². The Bertz CT molecular complexity index is 758. The van der Waals surface area contributed by atoms with Gasteiger partial charge in [-0.1, -0.05) is 19.3 Å². The van der Waals surface area contributed by atoms with E-state index in [1.807, 2.05) is 13.2 Å². The molecular formula is C22H33N5O2. The van der Waals surface area contributed by atoms with Gasteiger partial charge in [-0.25, -0.2) is 4.98 Å². The number of amides is 1. The van der Waals surface area contributed by atoms with Gasteiger partial charge < -0.3 is 20.2 Å². The van der Waals surface area contributed by atoms with Crippen molar-refractivity contribution in [1.29, 1.82) is 0 Å². The molecular weight excluding hydrogens is 366 g/mol. The summed E-state index contributed by atoms with van der Waals surface area (Å²) in [7, 11) is 1.88. The summed E-state index contributed by atoms with van der Waals surface area (Å²) in [5, 5.41) is 13.3. The molecule has 0 unspecified atom stereocenters. The minimum absolute atomic E-state index is 0.0750. The Morgan fingerprint density at radius 1 is 1.03 bits per heavy atom. The molecule has 1 aliphatic heterocycles. The lowest BCUT2D eigenvalue weighted by atomic mass is 9.93. The normalized spacial score (nSPS) is 32.8. The fourth-order valence-electron chi connectivity index (χ4n) is 5.98. The van der Waals surface area contributed by atoms with E-state index in [0.29, 0.717) is 18.0 Å². The number of hydrogen-bond donors (Lipinski definition) is 2. The number of rotatable bonds is 3. The van der Waals surface area contributed by atoms with Gasteiger partial charge in [0.05, 0.1) is 18.2 Å². The summed E-state index contributed by atoms with van der Waals surface area (Å²) in [6, 6.07) is 1.05. The van der Waals surface area contributed by atoms with Gasteiger partial charge in [-0.3, -0.25) is 4.79 Å². The Balaban J connectivity index is 1.50. The third kappa shape index (κ3) is 3.47. The molecule has 4 aliphatic rings. The molecule has 2 heterocycles. The van der Waals surface area contributed by atoms with E-state index in [1.165, 1.54) is 25.7 Å². The van der Waals surface area contributed by atoms with Gasteiger partial charge in [0.2, 0.25) is 11.9 Å². The van der Waals surface area contributed by atoms with Gasteiger partial charge in [-0.2, -0.15) is 4.98 Å². The molecule has 0 bridgehead atoms. The summed E-state index contributed by atoms with van der Waals surface area (Å²) < 4.78 is 0. The molecule has 5 rings (SSSR count). The van der Waals surface area contributed by atoms with Crippen LogP contribution in [0.1, 0.15) is 70.6 Å². The first-order chi connectivity index (χ1) is 14.1. The molecule has 3 aliphatic carbocycles. The number of fused-ring (bicyclic) bond motifs is 2. The van der Waals surface area contributed by atoms with Crippen molar-refractivity contribution in [2.75, 3.05) is 22.2 Å². The van der Waals surface area contributed by atoms with E-state index in [-0.39, 0.29) is 24.0 Å². The van der Waals surface area contributed by atoms with E-state index in [9.17, 15) is 9.90 Å². The summed E-state index contributed by atoms with van der Waals surface area (Å²) in [6.07, 6.45) is 13.3. The smallest absolute Gasteiger partial charge is 0.232 e. The zero-order chi connectivity index (χ0) is 20.0. The fourth-order valence-corrected chi connectivity index (χ4v) is 5.98. The summed E-state index contributed by atoms with van der Waals surface area (Å²) >= 11 is 0. The summed E-state index contributed by atoms with van der Waals surface area (Å²) in [6.45, 7) is 0. The molecule has 2 atom stereocenters. The van der Waals surface area contributed by atoms with Crippen molar-refractivity contribution in [1.82, 2.24) is 9.97 Å². The second-order valence-corrected chi connectivity index (χ2v) is 9.40. The van der Waals surface area contributed by atoms with Crippen LogP contribution in [0, 0.1) is 5.92 Å². The highest BCUT2D eigenvalue weighted by Crippen LogP contribution is 2.44. The molecule has 158 valence electrons. The highest BCUT2D eigenvalue weighted by atomic mass is 16.3. The molecule has 0 saturated heterocycles. The van der Waals surface area contributed by atoms with Crippen LogP contribution in [0.5, 0.6) is 0 Å². The van der Waals surface area contributed by atoms with Crippen molar-refractivity contribution in [3.05, 3.63) is 6.20 Å². The van der Waals surface area contributed by atoms with Crippen molar-refractivity contribution in [3.8, 4) is 0 Å². The fraction of sp³-hybridized carbons (Fsp3) is 0.773. The molecule has 0 aromatic carbocycles. The standard InChI is InChI=1S/C22H33N5O2/c1-26-19-13-23-22(24-14-9-11-16(28)12-10-14)25-20(19)27(15-5-2-3-6-15)18-8-4-7-17(18)21(26)29/h13-18,28H,2-12H2,1H3,(H,23,24,25)/t14?,16?,17-,18+/m0/s1. The van der Waals surface area contributed by atoms with Crippen molar-refractivity contribution < 1.29 is 9.90 Å². The van der Waals surface area contributed by atoms with E-state index in [1.54, 1.807) is 4.90 Å². The molecule has 3 fully saturated rings. The maximum atomic E-state index is 13.2. The molecule has 3 saturated carbocycles. The Morgan fingerprint density at radius 2 is 1.79 bits per heavy atom. The SMILES string of the molecule is CN1C(=O)[C@H]2CCC[C@H]2N(C2CCCC2)c2nc(NC3CCC(O)CC3)ncc21. The first-order valence-electron chi connectivity index (χ1n) is 11.5. The lowest BCUT2D eigenvalue weighted by Gasteiger charge is -2.37. The number of hydrogen-bond acceptors (Lipinski definition) is 6. The Hall–Kier alpha value is -1.89. The highest BCUT2D eigenvalue weighted by molar-refractivity contribution is 5.99. The lowest BCUT2D eigenvalue weighted by molar-refractivity contribution is -0.122. The van der Waals surface area contributed by atoms with Crippen molar-refractivity contribution in [2.45, 2.75) is 94.9 Å². The van der Waals surface area contributed by atoms with Crippen molar-refractivity contribution >= 4 is 23.4 Å². The van der Waals surface area contributed by atoms with E-state index >= 15 is 0 Å². The predicted octanol–water partition coefficient (Wildman–Crippen LogP) is 3.09. The molecule has 29 heavy (non-hydrogen) atoms. The maximum Gasteiger partial charge on any atom is 0.232 e. The topological polar surface area (TPSA) is 81.6 Å². The van der Waals surface area contributed by atoms with Crippen LogP contribution in [0.4, 0.5) is 17.5 Å². The second kappa shape index (κ2) is 7.74. The first-order valence-corrected chi connectivity index (χ1v) is 11.5. The van der Waals surface area contributed by atoms with Gasteiger partial charge in [-0.05, 0) is 51.4 Å². The molecule has 2 N–H and O–H groups in total. The molecule has 0 spiro atoms. The average molecular weight is 400 g/mol. The third-order valence-electron chi connectivity index (χ3n) is 7.59. The average Bonchev–Trinajstić information content (AvgIpc) is 3.41. The largest absolute Gasteiger partial charge is 0.393 e. The lowest BCUT2D eigenvalue weighted by Crippen LogP contribution is -2.46. The molecule has 1 amide bonds. The van der Waals surface area contributed by atoms with Crippen LogP contribution < -0.4 is 15.1 Å². The Kier molecular flexibility index (Phi) is 5.10. The van der Waals surface area contributed by atoms with Gasteiger partial charge >= 0.3 is 0 Å². The monoisotopic (exact) mass is 399 g/mol. The van der Waals surface area contributed by atoms with Gasteiger partial charge in [0, 0.05) is 25.2 Å². The van der Waals surface area contributed by atoms with Gasteiger partial charge in [-0.15, -0.1) is 0 Å². The van der Waals surface area contributed by atoms with Crippen LogP contribution in [-0.4, -0.2) is 52.3 Å². The number of aromatic nitrogens is 2. The van der Waals surface area contributed by atoms with Gasteiger partial charge in [0.25, 0.3) is 0 Å². The number of carbonyl (C=O) groups is 1. The number of carbonyl (C=O) groups excluding carboxylic acids is 1. The van der Waals surface area contributed by atoms with Crippen LogP contribution in [0.2, 0.25) is 0 Å². The minimum atomic E-state index is -0.169. The molecule has 0 radical (unpaired) electrons. The molecule has 7 heteroatoms. The highest BCUT2D eigenvalue weighted by Gasteiger charge is 2.46. The van der Waals surface area contributed by atoms with E-state index in [2.05, 4.69) is 15.2 Å².